The molecule has 224 valence electrons. The maximum Gasteiger partial charge on any atom is 0.374 e. The summed E-state index contributed by atoms with van der Waals surface area (Å²) < 4.78 is 36.9. The molecule has 2 aliphatic rings. The predicted molar refractivity (Wildman–Crippen MR) is 145 cm³/mol. The number of carbonyl (C=O) groups is 4. The number of benzene rings is 1. The summed E-state index contributed by atoms with van der Waals surface area (Å²) >= 11 is 0. The first kappa shape index (κ1) is 31.6. The monoisotopic (exact) mass is 575 g/mol. The van der Waals surface area contributed by atoms with Gasteiger partial charge in [-0.15, -0.1) is 0 Å². The number of cyclic esters (lactones) is 1. The molecule has 1 aromatic rings. The first-order chi connectivity index (χ1) is 19.7. The van der Waals surface area contributed by atoms with Gasteiger partial charge < -0.3 is 33.2 Å². The summed E-state index contributed by atoms with van der Waals surface area (Å²) in [5, 5.41) is 0. The number of carbonyl (C=O) groups excluding carboxylic acids is 4. The fraction of sp³-hybridized carbons (Fsp3) is 0.517. The normalized spacial score (nSPS) is 15.6. The van der Waals surface area contributed by atoms with Gasteiger partial charge in [0.2, 0.25) is 5.76 Å². The van der Waals surface area contributed by atoms with Crippen LogP contribution < -0.4 is 9.47 Å². The fourth-order valence-corrected chi connectivity index (χ4v) is 4.49. The number of esters is 4. The molecule has 2 aliphatic heterocycles. The van der Waals surface area contributed by atoms with Crippen LogP contribution in [0.15, 0.2) is 23.5 Å². The Balaban J connectivity index is 1.80. The molecule has 0 N–H and O–H groups in total. The van der Waals surface area contributed by atoms with E-state index in [4.69, 9.17) is 28.4 Å². The molecule has 3 rings (SSSR count). The molecule has 1 saturated heterocycles. The first-order valence-electron chi connectivity index (χ1n) is 13.3. The minimum Gasteiger partial charge on any atom is -0.496 e. The fourth-order valence-electron chi connectivity index (χ4n) is 4.49. The molecule has 0 aliphatic carbocycles. The lowest BCUT2D eigenvalue weighted by Gasteiger charge is -2.26. The number of rotatable bonds is 13. The van der Waals surface area contributed by atoms with Crippen LogP contribution >= 0.6 is 0 Å². The van der Waals surface area contributed by atoms with Crippen LogP contribution in [0.4, 0.5) is 0 Å². The Hall–Kier alpha value is -3.90. The minimum atomic E-state index is -0.945. The molecule has 0 unspecified atom stereocenters. The zero-order chi connectivity index (χ0) is 29.9. The zero-order valence-corrected chi connectivity index (χ0v) is 24.2. The highest BCUT2D eigenvalue weighted by atomic mass is 16.6. The second-order valence-electron chi connectivity index (χ2n) is 9.45. The largest absolute Gasteiger partial charge is 0.496 e. The van der Waals surface area contributed by atoms with Gasteiger partial charge in [-0.3, -0.25) is 9.69 Å². The van der Waals surface area contributed by atoms with E-state index in [0.717, 1.165) is 39.0 Å². The highest BCUT2D eigenvalue weighted by Crippen LogP contribution is 2.43. The summed E-state index contributed by atoms with van der Waals surface area (Å²) in [6.07, 6.45) is 3.59. The molecule has 2 heterocycles. The third-order valence-electron chi connectivity index (χ3n) is 6.83. The van der Waals surface area contributed by atoms with Gasteiger partial charge in [0.05, 0.1) is 40.6 Å². The van der Waals surface area contributed by atoms with Gasteiger partial charge in [0.15, 0.2) is 0 Å². The Morgan fingerprint density at radius 1 is 1.02 bits per heavy atom. The second-order valence-corrected chi connectivity index (χ2v) is 9.45. The maximum absolute atomic E-state index is 12.7. The van der Waals surface area contributed by atoms with Crippen LogP contribution in [0.2, 0.25) is 0 Å². The van der Waals surface area contributed by atoms with E-state index >= 15 is 0 Å². The lowest BCUT2D eigenvalue weighted by atomic mass is 9.94. The summed E-state index contributed by atoms with van der Waals surface area (Å²) in [7, 11) is 3.76. The van der Waals surface area contributed by atoms with Crippen molar-refractivity contribution < 1.29 is 52.3 Å². The minimum absolute atomic E-state index is 0.00376. The predicted octanol–water partition coefficient (Wildman–Crippen LogP) is 2.43. The van der Waals surface area contributed by atoms with Gasteiger partial charge >= 0.3 is 23.9 Å². The van der Waals surface area contributed by atoms with Crippen molar-refractivity contribution in [2.24, 2.45) is 0 Å². The van der Waals surface area contributed by atoms with Gasteiger partial charge in [-0.2, -0.15) is 0 Å². The average Bonchev–Trinajstić information content (AvgIpc) is 3.37. The van der Waals surface area contributed by atoms with Crippen molar-refractivity contribution in [3.05, 3.63) is 45.7 Å². The Labute approximate surface area is 239 Å². The number of morpholine rings is 1. The molecule has 0 atom stereocenters. The quantitative estimate of drug-likeness (QED) is 0.112. The molecule has 41 heavy (non-hydrogen) atoms. The van der Waals surface area contributed by atoms with Crippen LogP contribution in [0.5, 0.6) is 11.5 Å². The molecule has 0 saturated carbocycles. The summed E-state index contributed by atoms with van der Waals surface area (Å²) in [6, 6.07) is 0. The number of hydrogen-bond acceptors (Lipinski definition) is 12. The van der Waals surface area contributed by atoms with Crippen molar-refractivity contribution in [3.8, 4) is 11.5 Å². The molecule has 0 aromatic heterocycles. The van der Waals surface area contributed by atoms with Gasteiger partial charge in [-0.1, -0.05) is 11.6 Å². The second kappa shape index (κ2) is 15.2. The van der Waals surface area contributed by atoms with E-state index in [9.17, 15) is 19.2 Å². The van der Waals surface area contributed by atoms with Gasteiger partial charge in [-0.25, -0.2) is 14.4 Å². The molecule has 12 heteroatoms. The lowest BCUT2D eigenvalue weighted by Crippen LogP contribution is -2.38. The first-order valence-corrected chi connectivity index (χ1v) is 13.3. The van der Waals surface area contributed by atoms with Crippen molar-refractivity contribution in [3.63, 3.8) is 0 Å². The number of hydrogen-bond donors (Lipinski definition) is 0. The van der Waals surface area contributed by atoms with E-state index in [2.05, 4.69) is 9.64 Å². The highest BCUT2D eigenvalue weighted by molar-refractivity contribution is 5.99. The summed E-state index contributed by atoms with van der Waals surface area (Å²) in [5.41, 5.74) is 2.71. The van der Waals surface area contributed by atoms with Crippen LogP contribution in [0.25, 0.3) is 0 Å². The van der Waals surface area contributed by atoms with Gasteiger partial charge in [0.1, 0.15) is 30.3 Å². The van der Waals surface area contributed by atoms with E-state index in [1.807, 2.05) is 13.0 Å². The van der Waals surface area contributed by atoms with Crippen molar-refractivity contribution in [1.82, 2.24) is 4.90 Å². The SMILES string of the molecule is COC(=O)/C=C(/Oc1c(C/C=C(\C)CCC(=O)OCCN2CCOCC2)c(OC)c(C)c2c1C(=O)OC2)C(=O)OC. The van der Waals surface area contributed by atoms with Gasteiger partial charge in [0, 0.05) is 37.2 Å². The van der Waals surface area contributed by atoms with Crippen LogP contribution in [-0.2, 0) is 51.1 Å². The van der Waals surface area contributed by atoms with Crippen molar-refractivity contribution in [2.45, 2.75) is 39.7 Å². The smallest absolute Gasteiger partial charge is 0.374 e. The van der Waals surface area contributed by atoms with Crippen molar-refractivity contribution >= 4 is 23.9 Å². The van der Waals surface area contributed by atoms with Crippen LogP contribution in [-0.4, -0.2) is 89.6 Å². The van der Waals surface area contributed by atoms with Gasteiger partial charge in [-0.05, 0) is 32.3 Å². The topological polar surface area (TPSA) is 136 Å². The number of ether oxygens (including phenoxy) is 7. The van der Waals surface area contributed by atoms with E-state index in [0.29, 0.717) is 55.2 Å². The maximum atomic E-state index is 12.7. The van der Waals surface area contributed by atoms with E-state index in [1.54, 1.807) is 6.92 Å². The number of allylic oxidation sites excluding steroid dienone is 2. The number of methoxy groups -OCH3 is 3. The molecule has 12 nitrogen and oxygen atoms in total. The highest BCUT2D eigenvalue weighted by Gasteiger charge is 2.34. The van der Waals surface area contributed by atoms with Crippen LogP contribution in [0, 0.1) is 6.92 Å². The molecular formula is C29H37NO11. The van der Waals surface area contributed by atoms with E-state index in [-0.39, 0.29) is 36.7 Å². The Morgan fingerprint density at radius 3 is 2.41 bits per heavy atom. The molecule has 1 fully saturated rings. The molecule has 0 bridgehead atoms. The molecule has 1 aromatic carbocycles. The number of fused-ring (bicyclic) bond motifs is 1. The standard InChI is InChI=1S/C29H37NO11/c1-18(7-9-23(31)39-15-12-30-10-13-38-14-11-30)6-8-20-26(36-4)19(2)21-17-40-29(34)25(21)27(20)41-22(28(33)37-5)16-24(32)35-3/h6,16H,7-15,17H2,1-5H3/b18-6+,22-16+. The average molecular weight is 576 g/mol. The lowest BCUT2D eigenvalue weighted by molar-refractivity contribution is -0.144. The van der Waals surface area contributed by atoms with Gasteiger partial charge in [0.25, 0.3) is 0 Å². The van der Waals surface area contributed by atoms with Crippen molar-refractivity contribution in [2.75, 3.05) is 60.8 Å². The van der Waals surface area contributed by atoms with E-state index < -0.39 is 23.7 Å². The number of nitrogens with zero attached hydrogens (tertiary/aromatic N) is 1. The Morgan fingerprint density at radius 2 is 1.76 bits per heavy atom. The molecular weight excluding hydrogens is 538 g/mol. The van der Waals surface area contributed by atoms with Crippen molar-refractivity contribution in [1.29, 1.82) is 0 Å². The molecule has 0 amide bonds. The third kappa shape index (κ3) is 8.30. The Bertz CT molecular complexity index is 1210. The third-order valence-corrected chi connectivity index (χ3v) is 6.83. The molecule has 0 spiro atoms. The summed E-state index contributed by atoms with van der Waals surface area (Å²) in [4.78, 5) is 51.6. The van der Waals surface area contributed by atoms with Crippen LogP contribution in [0.3, 0.4) is 0 Å². The molecule has 0 radical (unpaired) electrons. The van der Waals surface area contributed by atoms with Crippen LogP contribution in [0.1, 0.15) is 46.8 Å². The summed E-state index contributed by atoms with van der Waals surface area (Å²) in [6.45, 7) is 7.70. The Kier molecular flexibility index (Phi) is 11.7. The van der Waals surface area contributed by atoms with E-state index in [1.165, 1.54) is 7.11 Å². The summed E-state index contributed by atoms with van der Waals surface area (Å²) in [5.74, 6) is -2.75. The zero-order valence-electron chi connectivity index (χ0n) is 24.2.